The van der Waals surface area contributed by atoms with E-state index in [0.717, 1.165) is 5.56 Å². The van der Waals surface area contributed by atoms with Gasteiger partial charge in [0.15, 0.2) is 0 Å². The molecule has 1 aromatic heterocycles. The predicted molar refractivity (Wildman–Crippen MR) is 71.0 cm³/mol. The Morgan fingerprint density at radius 3 is 2.95 bits per heavy atom. The minimum absolute atomic E-state index is 0.133. The second kappa shape index (κ2) is 4.14. The zero-order valence-electron chi connectivity index (χ0n) is 11.2. The van der Waals surface area contributed by atoms with Gasteiger partial charge >= 0.3 is 5.97 Å². The lowest BCUT2D eigenvalue weighted by molar-refractivity contribution is -0.148. The Morgan fingerprint density at radius 2 is 2.24 bits per heavy atom. The van der Waals surface area contributed by atoms with Crippen molar-refractivity contribution in [3.8, 4) is 0 Å². The molecule has 0 unspecified atom stereocenters. The van der Waals surface area contributed by atoms with Crippen molar-refractivity contribution < 1.29 is 19.4 Å². The van der Waals surface area contributed by atoms with E-state index in [0.29, 0.717) is 13.1 Å². The van der Waals surface area contributed by atoms with Crippen LogP contribution in [0, 0.1) is 11.8 Å². The molecule has 3 aliphatic heterocycles. The summed E-state index contributed by atoms with van der Waals surface area (Å²) in [6, 6.07) is 3.70. The first kappa shape index (κ1) is 12.5. The highest BCUT2D eigenvalue weighted by molar-refractivity contribution is 5.90. The highest BCUT2D eigenvalue weighted by Crippen LogP contribution is 2.52. The first-order chi connectivity index (χ1) is 10.1. The van der Waals surface area contributed by atoms with Crippen molar-refractivity contribution in [1.82, 2.24) is 9.88 Å². The smallest absolute Gasteiger partial charge is 0.310 e. The molecule has 3 aliphatic rings. The molecule has 2 bridgehead atoms. The largest absolute Gasteiger partial charge is 0.481 e. The van der Waals surface area contributed by atoms with Crippen molar-refractivity contribution >= 4 is 11.9 Å². The third-order valence-corrected chi connectivity index (χ3v) is 4.59. The summed E-state index contributed by atoms with van der Waals surface area (Å²) in [6.45, 7) is 0.864. The molecule has 4 heterocycles. The monoisotopic (exact) mass is 286 g/mol. The van der Waals surface area contributed by atoms with Gasteiger partial charge in [0.05, 0.1) is 18.6 Å². The number of amides is 1. The second-order valence-electron chi connectivity index (χ2n) is 5.79. The van der Waals surface area contributed by atoms with Crippen molar-refractivity contribution in [2.24, 2.45) is 11.8 Å². The summed E-state index contributed by atoms with van der Waals surface area (Å²) in [5.41, 5.74) is 0.220. The number of ether oxygens (including phenoxy) is 1. The number of carboxylic acids is 1. The van der Waals surface area contributed by atoms with E-state index in [1.165, 1.54) is 0 Å². The SMILES string of the molecule is O=C(O)[C@@H]1[C@H]2C(=O)N(Cc3ccncc3)C[C@]23C=C[C@H]1O3. The molecule has 6 nitrogen and oxygen atoms in total. The fourth-order valence-corrected chi connectivity index (χ4v) is 3.70. The number of pyridine rings is 1. The molecule has 2 fully saturated rings. The van der Waals surface area contributed by atoms with E-state index in [1.807, 2.05) is 18.2 Å². The fraction of sp³-hybridized carbons (Fsp3) is 0.400. The molecule has 4 rings (SSSR count). The van der Waals surface area contributed by atoms with Crippen LogP contribution in [0.25, 0.3) is 0 Å². The van der Waals surface area contributed by atoms with E-state index in [9.17, 15) is 14.7 Å². The van der Waals surface area contributed by atoms with E-state index >= 15 is 0 Å². The maximum absolute atomic E-state index is 12.6. The van der Waals surface area contributed by atoms with Crippen LogP contribution >= 0.6 is 0 Å². The minimum atomic E-state index is -0.963. The number of hydrogen-bond acceptors (Lipinski definition) is 4. The zero-order chi connectivity index (χ0) is 14.6. The number of carboxylic acid groups (broad SMARTS) is 1. The molecule has 0 aromatic carbocycles. The maximum Gasteiger partial charge on any atom is 0.310 e. The van der Waals surface area contributed by atoms with Crippen LogP contribution in [-0.2, 0) is 20.9 Å². The Balaban J connectivity index is 1.63. The molecule has 1 N–H and O–H groups in total. The van der Waals surface area contributed by atoms with Crippen LogP contribution in [0.1, 0.15) is 5.56 Å². The van der Waals surface area contributed by atoms with Crippen LogP contribution < -0.4 is 0 Å². The zero-order valence-corrected chi connectivity index (χ0v) is 11.2. The highest BCUT2D eigenvalue weighted by Gasteiger charge is 2.66. The van der Waals surface area contributed by atoms with Gasteiger partial charge in [-0.1, -0.05) is 12.2 Å². The van der Waals surface area contributed by atoms with Gasteiger partial charge in [0.2, 0.25) is 5.91 Å². The number of rotatable bonds is 3. The van der Waals surface area contributed by atoms with E-state index in [2.05, 4.69) is 4.98 Å². The molecular weight excluding hydrogens is 272 g/mol. The maximum atomic E-state index is 12.6. The number of nitrogens with zero attached hydrogens (tertiary/aromatic N) is 2. The Morgan fingerprint density at radius 1 is 1.48 bits per heavy atom. The summed E-state index contributed by atoms with van der Waals surface area (Å²) in [5.74, 6) is -2.47. The average molecular weight is 286 g/mol. The van der Waals surface area contributed by atoms with Gasteiger partial charge in [-0.05, 0) is 17.7 Å². The lowest BCUT2D eigenvalue weighted by Gasteiger charge is -2.21. The van der Waals surface area contributed by atoms with Crippen molar-refractivity contribution in [2.45, 2.75) is 18.2 Å². The summed E-state index contributed by atoms with van der Waals surface area (Å²) < 4.78 is 5.83. The van der Waals surface area contributed by atoms with Crippen LogP contribution in [0.4, 0.5) is 0 Å². The highest BCUT2D eigenvalue weighted by atomic mass is 16.5. The van der Waals surface area contributed by atoms with Crippen LogP contribution in [-0.4, -0.2) is 45.1 Å². The summed E-state index contributed by atoms with van der Waals surface area (Å²) in [7, 11) is 0. The molecule has 6 heteroatoms. The average Bonchev–Trinajstić information content (AvgIpc) is 3.09. The second-order valence-corrected chi connectivity index (χ2v) is 5.79. The molecule has 0 saturated carbocycles. The topological polar surface area (TPSA) is 79.7 Å². The van der Waals surface area contributed by atoms with Gasteiger partial charge in [0.1, 0.15) is 11.5 Å². The van der Waals surface area contributed by atoms with Crippen LogP contribution in [0.15, 0.2) is 36.7 Å². The first-order valence-electron chi connectivity index (χ1n) is 6.88. The van der Waals surface area contributed by atoms with Crippen LogP contribution in [0.3, 0.4) is 0 Å². The first-order valence-corrected chi connectivity index (χ1v) is 6.88. The van der Waals surface area contributed by atoms with E-state index in [-0.39, 0.29) is 5.91 Å². The van der Waals surface area contributed by atoms with E-state index in [4.69, 9.17) is 4.74 Å². The van der Waals surface area contributed by atoms with Crippen molar-refractivity contribution in [3.05, 3.63) is 42.2 Å². The minimum Gasteiger partial charge on any atom is -0.481 e. The van der Waals surface area contributed by atoms with Crippen molar-refractivity contribution in [2.75, 3.05) is 6.54 Å². The summed E-state index contributed by atoms with van der Waals surface area (Å²) >= 11 is 0. The number of hydrogen-bond donors (Lipinski definition) is 1. The number of fused-ring (bicyclic) bond motifs is 1. The summed E-state index contributed by atoms with van der Waals surface area (Å²) in [6.07, 6.45) is 6.53. The van der Waals surface area contributed by atoms with Gasteiger partial charge in [-0.15, -0.1) is 0 Å². The normalized spacial score (nSPS) is 36.3. The number of likely N-dealkylation sites (tertiary alicyclic amines) is 1. The Hall–Kier alpha value is -2.21. The lowest BCUT2D eigenvalue weighted by atomic mass is 9.77. The Kier molecular flexibility index (Phi) is 2.47. The molecular formula is C15H14N2O4. The van der Waals surface area contributed by atoms with Crippen LogP contribution in [0.2, 0.25) is 0 Å². The van der Waals surface area contributed by atoms with Gasteiger partial charge in [0, 0.05) is 18.9 Å². The number of carbonyl (C=O) groups excluding carboxylic acids is 1. The van der Waals surface area contributed by atoms with Gasteiger partial charge < -0.3 is 14.7 Å². The van der Waals surface area contributed by atoms with Gasteiger partial charge in [-0.2, -0.15) is 0 Å². The quantitative estimate of drug-likeness (QED) is 0.816. The molecule has 2 saturated heterocycles. The number of aliphatic carboxylic acids is 1. The molecule has 0 aliphatic carbocycles. The van der Waals surface area contributed by atoms with Gasteiger partial charge in [-0.3, -0.25) is 14.6 Å². The lowest BCUT2D eigenvalue weighted by Crippen LogP contribution is -2.39. The fourth-order valence-electron chi connectivity index (χ4n) is 3.70. The standard InChI is InChI=1S/C15H14N2O4/c18-13-12-11(14(19)20)10-1-4-15(12,21-10)8-17(13)7-9-2-5-16-6-3-9/h1-6,10-12H,7-8H2,(H,19,20)/t10-,11+,12+,15-/m1/s1. The molecule has 21 heavy (non-hydrogen) atoms. The summed E-state index contributed by atoms with van der Waals surface area (Å²) in [4.78, 5) is 29.7. The van der Waals surface area contributed by atoms with E-state index in [1.54, 1.807) is 23.4 Å². The Bertz CT molecular complexity index is 644. The van der Waals surface area contributed by atoms with Gasteiger partial charge in [-0.25, -0.2) is 0 Å². The summed E-state index contributed by atoms with van der Waals surface area (Å²) in [5, 5.41) is 9.38. The van der Waals surface area contributed by atoms with Crippen molar-refractivity contribution in [1.29, 1.82) is 0 Å². The molecule has 1 aromatic rings. The molecule has 1 amide bonds. The van der Waals surface area contributed by atoms with Crippen molar-refractivity contribution in [3.63, 3.8) is 0 Å². The van der Waals surface area contributed by atoms with E-state index < -0.39 is 29.5 Å². The molecule has 4 atom stereocenters. The number of carbonyl (C=O) groups is 2. The third-order valence-electron chi connectivity index (χ3n) is 4.59. The Labute approximate surface area is 121 Å². The van der Waals surface area contributed by atoms with Crippen LogP contribution in [0.5, 0.6) is 0 Å². The number of aromatic nitrogens is 1. The predicted octanol–water partition coefficient (Wildman–Crippen LogP) is 0.448. The van der Waals surface area contributed by atoms with Gasteiger partial charge in [0.25, 0.3) is 0 Å². The molecule has 0 radical (unpaired) electrons. The molecule has 1 spiro atoms. The molecule has 108 valence electrons. The third kappa shape index (κ3) is 1.65.